The summed E-state index contributed by atoms with van der Waals surface area (Å²) in [7, 11) is -2.55. The van der Waals surface area contributed by atoms with Gasteiger partial charge in [-0.3, -0.25) is 0 Å². The van der Waals surface area contributed by atoms with Gasteiger partial charge in [-0.2, -0.15) is 0 Å². The van der Waals surface area contributed by atoms with E-state index in [4.69, 9.17) is 4.42 Å². The molecule has 9 heteroatoms. The summed E-state index contributed by atoms with van der Waals surface area (Å²) in [6.45, 7) is 4.30. The van der Waals surface area contributed by atoms with Crippen LogP contribution in [0.5, 0.6) is 0 Å². The number of hydrogen-bond acceptors (Lipinski definition) is 6. The molecule has 0 amide bonds. The van der Waals surface area contributed by atoms with Gasteiger partial charge in [-0.15, -0.1) is 12.4 Å². The lowest BCUT2D eigenvalue weighted by atomic mass is 10.0. The number of esters is 1. The summed E-state index contributed by atoms with van der Waals surface area (Å²) < 4.78 is 37.0. The minimum absolute atomic E-state index is 0. The highest BCUT2D eigenvalue weighted by Crippen LogP contribution is 2.21. The molecule has 0 saturated carbocycles. The fourth-order valence-corrected chi connectivity index (χ4v) is 3.69. The van der Waals surface area contributed by atoms with Crippen molar-refractivity contribution in [2.75, 3.05) is 13.7 Å². The van der Waals surface area contributed by atoms with Crippen LogP contribution in [-0.4, -0.2) is 40.1 Å². The van der Waals surface area contributed by atoms with E-state index in [1.165, 1.54) is 20.1 Å². The first kappa shape index (κ1) is 19.0. The van der Waals surface area contributed by atoms with Crippen molar-refractivity contribution in [2.24, 2.45) is 0 Å². The van der Waals surface area contributed by atoms with E-state index >= 15 is 0 Å². The molecule has 22 heavy (non-hydrogen) atoms. The number of hydrogen-bond donors (Lipinski definition) is 2. The quantitative estimate of drug-likeness (QED) is 0.790. The molecular weight excluding hydrogens is 332 g/mol. The highest BCUT2D eigenvalue weighted by Gasteiger charge is 2.28. The Bertz CT molecular complexity index is 628. The van der Waals surface area contributed by atoms with Crippen molar-refractivity contribution in [1.29, 1.82) is 0 Å². The number of carbonyl (C=O) groups excluding carboxylic acids is 1. The third kappa shape index (κ3) is 4.22. The van der Waals surface area contributed by atoms with Gasteiger partial charge in [-0.05, 0) is 33.2 Å². The number of rotatable bonds is 4. The van der Waals surface area contributed by atoms with Gasteiger partial charge in [-0.25, -0.2) is 17.9 Å². The molecule has 0 radical (unpaired) electrons. The fraction of sp³-hybridized carbons (Fsp3) is 0.615. The Kier molecular flexibility index (Phi) is 6.42. The van der Waals surface area contributed by atoms with Crippen molar-refractivity contribution in [3.63, 3.8) is 0 Å². The first-order valence-electron chi connectivity index (χ1n) is 6.78. The van der Waals surface area contributed by atoms with Crippen molar-refractivity contribution in [3.05, 3.63) is 17.4 Å². The van der Waals surface area contributed by atoms with Crippen LogP contribution in [0.1, 0.15) is 35.9 Å². The first-order chi connectivity index (χ1) is 9.83. The molecule has 2 N–H and O–H groups in total. The van der Waals surface area contributed by atoms with Crippen LogP contribution in [0, 0.1) is 6.92 Å². The molecule has 0 spiro atoms. The molecule has 0 bridgehead atoms. The molecule has 1 aromatic rings. The number of halogens is 1. The zero-order valence-corrected chi connectivity index (χ0v) is 14.3. The second kappa shape index (κ2) is 7.45. The Morgan fingerprint density at radius 2 is 2.18 bits per heavy atom. The van der Waals surface area contributed by atoms with Gasteiger partial charge in [0.2, 0.25) is 5.09 Å². The molecule has 1 aliphatic heterocycles. The number of furan rings is 1. The first-order valence-corrected chi connectivity index (χ1v) is 8.26. The molecule has 126 valence electrons. The van der Waals surface area contributed by atoms with Gasteiger partial charge in [0.05, 0.1) is 7.11 Å². The van der Waals surface area contributed by atoms with Gasteiger partial charge in [0, 0.05) is 18.2 Å². The van der Waals surface area contributed by atoms with Crippen LogP contribution in [0.3, 0.4) is 0 Å². The van der Waals surface area contributed by atoms with Crippen LogP contribution in [0.2, 0.25) is 0 Å². The second-order valence-electron chi connectivity index (χ2n) is 5.22. The molecular formula is C13H21ClN2O5S. The Morgan fingerprint density at radius 1 is 1.50 bits per heavy atom. The summed E-state index contributed by atoms with van der Waals surface area (Å²) in [6.07, 6.45) is 1.43. The summed E-state index contributed by atoms with van der Waals surface area (Å²) in [5.41, 5.74) is 0.122. The van der Waals surface area contributed by atoms with E-state index in [1.54, 1.807) is 0 Å². The van der Waals surface area contributed by atoms with Crippen LogP contribution >= 0.6 is 12.4 Å². The molecule has 2 heterocycles. The minimum atomic E-state index is -3.78. The number of ether oxygens (including phenoxy) is 1. The lowest BCUT2D eigenvalue weighted by Crippen LogP contribution is -2.46. The van der Waals surface area contributed by atoms with E-state index in [1.807, 2.05) is 6.92 Å². The van der Waals surface area contributed by atoms with Crippen molar-refractivity contribution in [2.45, 2.75) is 43.9 Å². The lowest BCUT2D eigenvalue weighted by Gasteiger charge is -2.28. The Balaban J connectivity index is 0.00000242. The van der Waals surface area contributed by atoms with Crippen LogP contribution in [0.15, 0.2) is 15.6 Å². The van der Waals surface area contributed by atoms with E-state index in [9.17, 15) is 13.2 Å². The Morgan fingerprint density at radius 3 is 2.77 bits per heavy atom. The zero-order chi connectivity index (χ0) is 15.6. The predicted octanol–water partition coefficient (Wildman–Crippen LogP) is 1.22. The maximum atomic E-state index is 12.3. The third-order valence-corrected chi connectivity index (χ3v) is 4.89. The van der Waals surface area contributed by atoms with E-state index in [0.717, 1.165) is 6.54 Å². The molecule has 2 rings (SSSR count). The van der Waals surface area contributed by atoms with Crippen LogP contribution in [0.4, 0.5) is 0 Å². The molecule has 1 fully saturated rings. The van der Waals surface area contributed by atoms with E-state index in [2.05, 4.69) is 14.8 Å². The standard InChI is InChI=1S/C13H20N2O5S.ClH/c1-8-6-10(4-5-14-8)15-21(17,18)12-7-11(9(2)20-12)13(16)19-3;/h7-8,10,14-15H,4-6H2,1-3H3;1H. The average molecular weight is 353 g/mol. The number of carbonyl (C=O) groups is 1. The smallest absolute Gasteiger partial charge is 0.341 e. The van der Waals surface area contributed by atoms with Crippen LogP contribution in [0.25, 0.3) is 0 Å². The van der Waals surface area contributed by atoms with Crippen LogP contribution < -0.4 is 10.0 Å². The molecule has 0 aliphatic carbocycles. The lowest BCUT2D eigenvalue weighted by molar-refractivity contribution is 0.0598. The number of nitrogens with one attached hydrogen (secondary N) is 2. The summed E-state index contributed by atoms with van der Waals surface area (Å²) in [4.78, 5) is 11.5. The number of methoxy groups -OCH3 is 1. The topological polar surface area (TPSA) is 97.6 Å². The summed E-state index contributed by atoms with van der Waals surface area (Å²) in [5.74, 6) is -0.394. The monoisotopic (exact) mass is 352 g/mol. The molecule has 2 atom stereocenters. The molecule has 2 unspecified atom stereocenters. The van der Waals surface area contributed by atoms with Crippen molar-refractivity contribution < 1.29 is 22.4 Å². The molecule has 0 aromatic carbocycles. The average Bonchev–Trinajstić information content (AvgIpc) is 2.80. The van der Waals surface area contributed by atoms with Gasteiger partial charge >= 0.3 is 5.97 Å². The third-order valence-electron chi connectivity index (χ3n) is 3.51. The maximum absolute atomic E-state index is 12.3. The van der Waals surface area contributed by atoms with E-state index in [-0.39, 0.29) is 40.9 Å². The zero-order valence-electron chi connectivity index (χ0n) is 12.7. The maximum Gasteiger partial charge on any atom is 0.341 e. The van der Waals surface area contributed by atoms with Gasteiger partial charge < -0.3 is 14.5 Å². The van der Waals surface area contributed by atoms with Crippen molar-refractivity contribution in [1.82, 2.24) is 10.0 Å². The van der Waals surface area contributed by atoms with E-state index < -0.39 is 16.0 Å². The van der Waals surface area contributed by atoms with Crippen LogP contribution in [-0.2, 0) is 14.8 Å². The largest absolute Gasteiger partial charge is 0.465 e. The van der Waals surface area contributed by atoms with Gasteiger partial charge in [-0.1, -0.05) is 0 Å². The SMILES string of the molecule is COC(=O)c1cc(S(=O)(=O)NC2CCNC(C)C2)oc1C.Cl. The van der Waals surface area contributed by atoms with Gasteiger partial charge in [0.25, 0.3) is 10.0 Å². The highest BCUT2D eigenvalue weighted by molar-refractivity contribution is 7.89. The number of piperidine rings is 1. The van der Waals surface area contributed by atoms with Crippen molar-refractivity contribution >= 4 is 28.4 Å². The molecule has 1 saturated heterocycles. The summed E-state index contributed by atoms with van der Waals surface area (Å²) in [6, 6.07) is 1.32. The van der Waals surface area contributed by atoms with Gasteiger partial charge in [0.15, 0.2) is 0 Å². The fourth-order valence-electron chi connectivity index (χ4n) is 2.42. The highest BCUT2D eigenvalue weighted by atomic mass is 35.5. The summed E-state index contributed by atoms with van der Waals surface area (Å²) >= 11 is 0. The molecule has 7 nitrogen and oxygen atoms in total. The summed E-state index contributed by atoms with van der Waals surface area (Å²) in [5, 5.41) is 3.00. The second-order valence-corrected chi connectivity index (χ2v) is 6.87. The number of sulfonamides is 1. The molecule has 1 aliphatic rings. The molecule has 1 aromatic heterocycles. The van der Waals surface area contributed by atoms with Gasteiger partial charge in [0.1, 0.15) is 11.3 Å². The number of aryl methyl sites for hydroxylation is 1. The Labute approximate surface area is 136 Å². The normalized spacial score (nSPS) is 22.0. The predicted molar refractivity (Wildman–Crippen MR) is 82.8 cm³/mol. The van der Waals surface area contributed by atoms with Crippen molar-refractivity contribution in [3.8, 4) is 0 Å². The minimum Gasteiger partial charge on any atom is -0.465 e. The Hall–Kier alpha value is -1.09. The van der Waals surface area contributed by atoms with E-state index in [0.29, 0.717) is 12.8 Å².